The van der Waals surface area contributed by atoms with Gasteiger partial charge in [0.2, 0.25) is 11.8 Å². The molecule has 7 nitrogen and oxygen atoms in total. The van der Waals surface area contributed by atoms with Crippen LogP contribution in [-0.4, -0.2) is 61.3 Å². The van der Waals surface area contributed by atoms with Crippen LogP contribution in [0, 0.1) is 0 Å². The minimum atomic E-state index is -3.04. The molecule has 136 valence electrons. The van der Waals surface area contributed by atoms with Crippen molar-refractivity contribution in [3.8, 4) is 0 Å². The monoisotopic (exact) mass is 369 g/mol. The van der Waals surface area contributed by atoms with Gasteiger partial charge in [-0.3, -0.25) is 9.59 Å². The van der Waals surface area contributed by atoms with Crippen LogP contribution in [0.5, 0.6) is 0 Å². The lowest BCUT2D eigenvalue weighted by Gasteiger charge is -2.30. The first kappa shape index (κ1) is 22.1. The summed E-state index contributed by atoms with van der Waals surface area (Å²) in [5, 5.41) is 2.68. The summed E-state index contributed by atoms with van der Waals surface area (Å²) in [5.74, 6) is -0.523. The third-order valence-corrected chi connectivity index (χ3v) is 5.63. The Hall–Kier alpha value is -0.860. The Morgan fingerprint density at radius 1 is 1.35 bits per heavy atom. The molecule has 2 atom stereocenters. The van der Waals surface area contributed by atoms with E-state index in [1.807, 2.05) is 6.92 Å². The number of amides is 2. The Labute approximate surface area is 144 Å². The molecule has 1 saturated heterocycles. The number of rotatable bonds is 7. The highest BCUT2D eigenvalue weighted by Gasteiger charge is 2.33. The lowest BCUT2D eigenvalue weighted by atomic mass is 9.95. The van der Waals surface area contributed by atoms with Gasteiger partial charge in [-0.1, -0.05) is 13.3 Å². The summed E-state index contributed by atoms with van der Waals surface area (Å²) >= 11 is 0. The number of carbonyl (C=O) groups excluding carboxylic acids is 2. The van der Waals surface area contributed by atoms with E-state index in [4.69, 9.17) is 5.73 Å². The van der Waals surface area contributed by atoms with Crippen LogP contribution in [-0.2, 0) is 19.4 Å². The van der Waals surface area contributed by atoms with E-state index in [-0.39, 0.29) is 48.3 Å². The molecule has 23 heavy (non-hydrogen) atoms. The highest BCUT2D eigenvalue weighted by molar-refractivity contribution is 7.91. The van der Waals surface area contributed by atoms with E-state index in [0.717, 1.165) is 6.42 Å². The van der Waals surface area contributed by atoms with Crippen molar-refractivity contribution in [1.29, 1.82) is 0 Å². The van der Waals surface area contributed by atoms with Crippen molar-refractivity contribution < 1.29 is 18.0 Å². The number of nitrogens with one attached hydrogen (secondary N) is 1. The van der Waals surface area contributed by atoms with Crippen LogP contribution in [0.15, 0.2) is 0 Å². The summed E-state index contributed by atoms with van der Waals surface area (Å²) < 4.78 is 22.8. The minimum Gasteiger partial charge on any atom is -0.351 e. The number of hydrogen-bond acceptors (Lipinski definition) is 5. The van der Waals surface area contributed by atoms with E-state index >= 15 is 0 Å². The van der Waals surface area contributed by atoms with Crippen LogP contribution in [0.1, 0.15) is 40.0 Å². The van der Waals surface area contributed by atoms with Gasteiger partial charge in [0.15, 0.2) is 9.84 Å². The minimum absolute atomic E-state index is 0. The van der Waals surface area contributed by atoms with E-state index in [0.29, 0.717) is 19.4 Å². The maximum Gasteiger partial charge on any atom is 0.242 e. The lowest BCUT2D eigenvalue weighted by Crippen LogP contribution is -2.55. The van der Waals surface area contributed by atoms with Crippen LogP contribution in [0.3, 0.4) is 0 Å². The SMILES string of the molecule is CCCC(C)(N)C(=O)N(CC)CC(=O)NC1CCS(=O)(=O)C1.Cl. The molecule has 0 saturated carbocycles. The second-order valence-electron chi connectivity index (χ2n) is 6.15. The Balaban J connectivity index is 0.00000484. The maximum absolute atomic E-state index is 12.4. The predicted octanol–water partition coefficient (Wildman–Crippen LogP) is 0.0775. The topological polar surface area (TPSA) is 110 Å². The Kier molecular flexibility index (Phi) is 8.51. The van der Waals surface area contributed by atoms with Gasteiger partial charge in [0, 0.05) is 12.6 Å². The molecular formula is C14H28ClN3O4S. The normalized spacial score (nSPS) is 21.8. The van der Waals surface area contributed by atoms with E-state index in [1.54, 1.807) is 13.8 Å². The molecule has 0 bridgehead atoms. The van der Waals surface area contributed by atoms with Crippen LogP contribution in [0.25, 0.3) is 0 Å². The van der Waals surface area contributed by atoms with E-state index < -0.39 is 15.4 Å². The number of likely N-dealkylation sites (N-methyl/N-ethyl adjacent to an activating group) is 1. The molecule has 1 aliphatic rings. The quantitative estimate of drug-likeness (QED) is 0.660. The predicted molar refractivity (Wildman–Crippen MR) is 92.2 cm³/mol. The summed E-state index contributed by atoms with van der Waals surface area (Å²) in [6.07, 6.45) is 1.76. The van der Waals surface area contributed by atoms with Gasteiger partial charge in [0.1, 0.15) is 0 Å². The summed E-state index contributed by atoms with van der Waals surface area (Å²) in [6.45, 7) is 5.69. The summed E-state index contributed by atoms with van der Waals surface area (Å²) in [5.41, 5.74) is 5.04. The zero-order valence-electron chi connectivity index (χ0n) is 14.0. The first-order valence-corrected chi connectivity index (χ1v) is 9.51. The summed E-state index contributed by atoms with van der Waals surface area (Å²) in [7, 11) is -3.04. The van der Waals surface area contributed by atoms with Crippen molar-refractivity contribution in [2.45, 2.75) is 51.6 Å². The molecule has 0 radical (unpaired) electrons. The molecule has 0 spiro atoms. The third-order valence-electron chi connectivity index (χ3n) is 3.86. The average molecular weight is 370 g/mol. The molecular weight excluding hydrogens is 342 g/mol. The number of nitrogens with two attached hydrogens (primary N) is 1. The van der Waals surface area contributed by atoms with Gasteiger partial charge in [-0.25, -0.2) is 8.42 Å². The number of sulfone groups is 1. The van der Waals surface area contributed by atoms with E-state index in [2.05, 4.69) is 5.32 Å². The zero-order valence-corrected chi connectivity index (χ0v) is 15.6. The fourth-order valence-corrected chi connectivity index (χ4v) is 4.34. The third kappa shape index (κ3) is 6.64. The first-order valence-electron chi connectivity index (χ1n) is 7.69. The van der Waals surface area contributed by atoms with Gasteiger partial charge < -0.3 is 16.0 Å². The Bertz CT molecular complexity index is 522. The van der Waals surface area contributed by atoms with Gasteiger partial charge in [-0.15, -0.1) is 12.4 Å². The molecule has 0 aromatic heterocycles. The molecule has 1 aliphatic heterocycles. The van der Waals surface area contributed by atoms with Gasteiger partial charge >= 0.3 is 0 Å². The molecule has 2 unspecified atom stereocenters. The first-order chi connectivity index (χ1) is 10.1. The van der Waals surface area contributed by atoms with Crippen molar-refractivity contribution in [2.24, 2.45) is 5.73 Å². The smallest absolute Gasteiger partial charge is 0.242 e. The highest BCUT2D eigenvalue weighted by Crippen LogP contribution is 2.14. The van der Waals surface area contributed by atoms with Gasteiger partial charge in [0.25, 0.3) is 0 Å². The average Bonchev–Trinajstić information content (AvgIpc) is 2.74. The maximum atomic E-state index is 12.4. The molecule has 1 fully saturated rings. The molecule has 1 heterocycles. The van der Waals surface area contributed by atoms with Gasteiger partial charge in [-0.05, 0) is 26.7 Å². The summed E-state index contributed by atoms with van der Waals surface area (Å²) in [6, 6.07) is -0.355. The number of hydrogen-bond donors (Lipinski definition) is 2. The molecule has 0 aromatic carbocycles. The number of nitrogens with zero attached hydrogens (tertiary/aromatic N) is 1. The van der Waals surface area contributed by atoms with Gasteiger partial charge in [0.05, 0.1) is 23.6 Å². The molecule has 0 aliphatic carbocycles. The summed E-state index contributed by atoms with van der Waals surface area (Å²) in [4.78, 5) is 25.8. The van der Waals surface area contributed by atoms with Crippen molar-refractivity contribution >= 4 is 34.1 Å². The standard InChI is InChI=1S/C14H27N3O4S.ClH/c1-4-7-14(3,15)13(19)17(5-2)9-12(18)16-11-6-8-22(20,21)10-11;/h11H,4-10,15H2,1-3H3,(H,16,18);1H. The number of carbonyl (C=O) groups is 2. The Morgan fingerprint density at radius 3 is 2.39 bits per heavy atom. The van der Waals surface area contributed by atoms with Gasteiger partial charge in [-0.2, -0.15) is 0 Å². The fourth-order valence-electron chi connectivity index (χ4n) is 2.67. The van der Waals surface area contributed by atoms with Crippen molar-refractivity contribution in [3.05, 3.63) is 0 Å². The molecule has 0 aromatic rings. The number of halogens is 1. The zero-order chi connectivity index (χ0) is 17.0. The molecule has 1 rings (SSSR count). The molecule has 2 amide bonds. The van der Waals surface area contributed by atoms with Crippen molar-refractivity contribution in [3.63, 3.8) is 0 Å². The van der Waals surface area contributed by atoms with Crippen molar-refractivity contribution in [1.82, 2.24) is 10.2 Å². The van der Waals surface area contributed by atoms with Crippen LogP contribution in [0.4, 0.5) is 0 Å². The molecule has 3 N–H and O–H groups in total. The lowest BCUT2D eigenvalue weighted by molar-refractivity contribution is -0.140. The van der Waals surface area contributed by atoms with Crippen LogP contribution < -0.4 is 11.1 Å². The van der Waals surface area contributed by atoms with Crippen molar-refractivity contribution in [2.75, 3.05) is 24.6 Å². The fraction of sp³-hybridized carbons (Fsp3) is 0.857. The Morgan fingerprint density at radius 2 is 1.96 bits per heavy atom. The molecule has 9 heteroatoms. The van der Waals surface area contributed by atoms with E-state index in [1.165, 1.54) is 4.90 Å². The van der Waals surface area contributed by atoms with Crippen LogP contribution in [0.2, 0.25) is 0 Å². The largest absolute Gasteiger partial charge is 0.351 e. The highest BCUT2D eigenvalue weighted by atomic mass is 35.5. The van der Waals surface area contributed by atoms with Crippen LogP contribution >= 0.6 is 12.4 Å². The van der Waals surface area contributed by atoms with E-state index in [9.17, 15) is 18.0 Å². The second-order valence-corrected chi connectivity index (χ2v) is 8.38. The second kappa shape index (κ2) is 8.84.